The Labute approximate surface area is 119 Å². The molecule has 0 aromatic carbocycles. The summed E-state index contributed by atoms with van der Waals surface area (Å²) in [6.45, 7) is 1.18. The van der Waals surface area contributed by atoms with E-state index in [1.54, 1.807) is 6.07 Å². The lowest BCUT2D eigenvalue weighted by molar-refractivity contribution is 0.450. The highest BCUT2D eigenvalue weighted by Gasteiger charge is 2.19. The van der Waals surface area contributed by atoms with Crippen LogP contribution in [0.3, 0.4) is 0 Å². The van der Waals surface area contributed by atoms with Gasteiger partial charge in [-0.05, 0) is 37.8 Å². The van der Waals surface area contributed by atoms with E-state index in [-0.39, 0.29) is 11.6 Å². The standard InChI is InChI=1S/C13H21N3O3S/c1-20(18,19)15-9-3-8-14-11-4-2-5-12-10(11)6-7-13(17)16-12/h6-7,11,14-15H,2-5,8-9H2,1H3,(H,16,17). The molecule has 2 rings (SSSR count). The van der Waals surface area contributed by atoms with Crippen molar-refractivity contribution in [1.82, 2.24) is 15.0 Å². The first kappa shape index (κ1) is 15.2. The average Bonchev–Trinajstić information content (AvgIpc) is 2.36. The molecular formula is C13H21N3O3S. The quantitative estimate of drug-likeness (QED) is 0.658. The van der Waals surface area contributed by atoms with E-state index in [0.717, 1.165) is 49.7 Å². The summed E-state index contributed by atoms with van der Waals surface area (Å²) in [5, 5.41) is 3.43. The van der Waals surface area contributed by atoms with Gasteiger partial charge in [-0.25, -0.2) is 13.1 Å². The van der Waals surface area contributed by atoms with Gasteiger partial charge in [-0.2, -0.15) is 0 Å². The highest BCUT2D eigenvalue weighted by molar-refractivity contribution is 7.88. The molecule has 0 spiro atoms. The van der Waals surface area contributed by atoms with Gasteiger partial charge in [0.05, 0.1) is 6.26 Å². The maximum atomic E-state index is 11.3. The van der Waals surface area contributed by atoms with Gasteiger partial charge in [0.15, 0.2) is 0 Å². The Balaban J connectivity index is 1.85. The van der Waals surface area contributed by atoms with Crippen molar-refractivity contribution in [2.24, 2.45) is 0 Å². The number of aryl methyl sites for hydroxylation is 1. The zero-order chi connectivity index (χ0) is 14.6. The van der Waals surface area contributed by atoms with E-state index >= 15 is 0 Å². The van der Waals surface area contributed by atoms with Gasteiger partial charge in [-0.3, -0.25) is 4.79 Å². The van der Waals surface area contributed by atoms with Crippen molar-refractivity contribution in [2.45, 2.75) is 31.7 Å². The second-order valence-corrected chi connectivity index (χ2v) is 7.01. The van der Waals surface area contributed by atoms with Crippen molar-refractivity contribution >= 4 is 10.0 Å². The molecule has 1 heterocycles. The molecule has 0 saturated carbocycles. The van der Waals surface area contributed by atoms with Gasteiger partial charge in [0.1, 0.15) is 0 Å². The molecule has 0 saturated heterocycles. The van der Waals surface area contributed by atoms with Crippen LogP contribution in [-0.2, 0) is 16.4 Å². The molecule has 3 N–H and O–H groups in total. The van der Waals surface area contributed by atoms with Crippen LogP contribution in [0.15, 0.2) is 16.9 Å². The third kappa shape index (κ3) is 4.43. The zero-order valence-corrected chi connectivity index (χ0v) is 12.4. The van der Waals surface area contributed by atoms with Gasteiger partial charge in [0.2, 0.25) is 15.6 Å². The molecule has 112 valence electrons. The van der Waals surface area contributed by atoms with E-state index < -0.39 is 10.0 Å². The summed E-state index contributed by atoms with van der Waals surface area (Å²) in [6, 6.07) is 3.69. The molecule has 0 radical (unpaired) electrons. The number of nitrogens with one attached hydrogen (secondary N) is 3. The molecule has 1 aromatic heterocycles. The number of pyridine rings is 1. The summed E-state index contributed by atoms with van der Waals surface area (Å²) in [6.07, 6.45) is 4.90. The van der Waals surface area contributed by atoms with Gasteiger partial charge in [-0.15, -0.1) is 0 Å². The Morgan fingerprint density at radius 3 is 2.90 bits per heavy atom. The molecule has 7 heteroatoms. The van der Waals surface area contributed by atoms with E-state index in [4.69, 9.17) is 0 Å². The molecule has 1 unspecified atom stereocenters. The average molecular weight is 299 g/mol. The predicted molar refractivity (Wildman–Crippen MR) is 78.2 cm³/mol. The molecule has 1 aromatic rings. The number of rotatable bonds is 6. The fourth-order valence-corrected chi connectivity index (χ4v) is 3.05. The second-order valence-electron chi connectivity index (χ2n) is 5.18. The normalized spacial score (nSPS) is 18.8. The lowest BCUT2D eigenvalue weighted by atomic mass is 9.91. The summed E-state index contributed by atoms with van der Waals surface area (Å²) >= 11 is 0. The highest BCUT2D eigenvalue weighted by Crippen LogP contribution is 2.27. The van der Waals surface area contributed by atoms with E-state index in [1.807, 2.05) is 6.07 Å². The van der Waals surface area contributed by atoms with E-state index in [1.165, 1.54) is 0 Å². The number of hydrogen-bond acceptors (Lipinski definition) is 4. The minimum Gasteiger partial charge on any atom is -0.326 e. The Kier molecular flexibility index (Phi) is 4.95. The third-order valence-corrected chi connectivity index (χ3v) is 4.17. The molecule has 1 atom stereocenters. The Morgan fingerprint density at radius 2 is 2.15 bits per heavy atom. The molecule has 1 aliphatic rings. The molecule has 1 aliphatic carbocycles. The van der Waals surface area contributed by atoms with Crippen LogP contribution in [0, 0.1) is 0 Å². The Morgan fingerprint density at radius 1 is 1.35 bits per heavy atom. The van der Waals surface area contributed by atoms with Gasteiger partial charge in [-0.1, -0.05) is 6.07 Å². The van der Waals surface area contributed by atoms with Crippen LogP contribution < -0.4 is 15.6 Å². The number of H-pyrrole nitrogens is 1. The maximum Gasteiger partial charge on any atom is 0.248 e. The first-order valence-corrected chi connectivity index (χ1v) is 8.75. The SMILES string of the molecule is CS(=O)(=O)NCCCNC1CCCc2[nH]c(=O)ccc21. The maximum absolute atomic E-state index is 11.3. The number of sulfonamides is 1. The number of aromatic nitrogens is 1. The van der Waals surface area contributed by atoms with Gasteiger partial charge in [0, 0.05) is 24.3 Å². The van der Waals surface area contributed by atoms with Crippen molar-refractivity contribution in [3.63, 3.8) is 0 Å². The summed E-state index contributed by atoms with van der Waals surface area (Å²) in [7, 11) is -3.10. The van der Waals surface area contributed by atoms with Crippen molar-refractivity contribution in [1.29, 1.82) is 0 Å². The van der Waals surface area contributed by atoms with Crippen LogP contribution in [0.1, 0.15) is 36.6 Å². The molecular weight excluding hydrogens is 278 g/mol. The fourth-order valence-electron chi connectivity index (χ4n) is 2.53. The van der Waals surface area contributed by atoms with Crippen LogP contribution >= 0.6 is 0 Å². The molecule has 0 aliphatic heterocycles. The monoisotopic (exact) mass is 299 g/mol. The number of aromatic amines is 1. The van der Waals surface area contributed by atoms with Gasteiger partial charge < -0.3 is 10.3 Å². The summed E-state index contributed by atoms with van der Waals surface area (Å²) in [5.41, 5.74) is 2.13. The van der Waals surface area contributed by atoms with E-state index in [0.29, 0.717) is 6.54 Å². The second kappa shape index (κ2) is 6.51. The first-order valence-electron chi connectivity index (χ1n) is 6.86. The van der Waals surface area contributed by atoms with Crippen molar-refractivity contribution in [3.05, 3.63) is 33.7 Å². The van der Waals surface area contributed by atoms with Gasteiger partial charge >= 0.3 is 0 Å². The van der Waals surface area contributed by atoms with Crippen LogP contribution in [-0.4, -0.2) is 32.7 Å². The fraction of sp³-hybridized carbons (Fsp3) is 0.615. The smallest absolute Gasteiger partial charge is 0.248 e. The van der Waals surface area contributed by atoms with Crippen molar-refractivity contribution in [2.75, 3.05) is 19.3 Å². The Bertz CT molecular complexity index is 610. The topological polar surface area (TPSA) is 91.1 Å². The molecule has 0 bridgehead atoms. The van der Waals surface area contributed by atoms with E-state index in [2.05, 4.69) is 15.0 Å². The molecule has 0 amide bonds. The highest BCUT2D eigenvalue weighted by atomic mass is 32.2. The Hall–Kier alpha value is -1.18. The van der Waals surface area contributed by atoms with Crippen molar-refractivity contribution in [3.8, 4) is 0 Å². The molecule has 0 fully saturated rings. The lowest BCUT2D eigenvalue weighted by Gasteiger charge is -2.26. The predicted octanol–water partition coefficient (Wildman–Crippen LogP) is 0.281. The van der Waals surface area contributed by atoms with Crippen LogP contribution in [0.25, 0.3) is 0 Å². The van der Waals surface area contributed by atoms with Gasteiger partial charge in [0.25, 0.3) is 0 Å². The first-order chi connectivity index (χ1) is 9.46. The summed E-state index contributed by atoms with van der Waals surface area (Å²) < 4.78 is 24.3. The number of hydrogen-bond donors (Lipinski definition) is 3. The summed E-state index contributed by atoms with van der Waals surface area (Å²) in [4.78, 5) is 14.2. The van der Waals surface area contributed by atoms with Crippen LogP contribution in [0.5, 0.6) is 0 Å². The van der Waals surface area contributed by atoms with Crippen molar-refractivity contribution < 1.29 is 8.42 Å². The molecule has 6 nitrogen and oxygen atoms in total. The van der Waals surface area contributed by atoms with Crippen LogP contribution in [0.2, 0.25) is 0 Å². The zero-order valence-electron chi connectivity index (χ0n) is 11.6. The van der Waals surface area contributed by atoms with E-state index in [9.17, 15) is 13.2 Å². The number of fused-ring (bicyclic) bond motifs is 1. The minimum absolute atomic E-state index is 0.0539. The largest absolute Gasteiger partial charge is 0.326 e. The molecule has 20 heavy (non-hydrogen) atoms. The third-order valence-electron chi connectivity index (χ3n) is 3.44. The van der Waals surface area contributed by atoms with Crippen LogP contribution in [0.4, 0.5) is 0 Å². The summed E-state index contributed by atoms with van der Waals surface area (Å²) in [5.74, 6) is 0. The minimum atomic E-state index is -3.10. The lowest BCUT2D eigenvalue weighted by Crippen LogP contribution is -2.30.